The summed E-state index contributed by atoms with van der Waals surface area (Å²) in [6, 6.07) is 58.0. The van der Waals surface area contributed by atoms with E-state index in [1.807, 2.05) is 50.5 Å². The minimum absolute atomic E-state index is 0. The second-order valence-corrected chi connectivity index (χ2v) is 17.2. The molecule has 0 atom stereocenters. The van der Waals surface area contributed by atoms with Gasteiger partial charge < -0.3 is 23.7 Å². The molecule has 0 spiro atoms. The number of rotatable bonds is 9. The SMILES string of the molecule is Cc1cccc(C)c1-c1cc2ccnc(-c3[c-]c(N(c4[c-]c(-c5nccc6cc(-c7c(C)cccc7C)oc56)cc(-c5ccccc5)c4)c4c(C)ncnc4C)cc(-c4ccccc4)c3)c2o1.[Pt+2]. The predicted molar refractivity (Wildman–Crippen MR) is 271 cm³/mol. The van der Waals surface area contributed by atoms with Gasteiger partial charge in [0.1, 0.15) is 29.0 Å². The fraction of sp³-hybridized carbons (Fsp3) is 0.100. The third-order valence-corrected chi connectivity index (χ3v) is 12.6. The van der Waals surface area contributed by atoms with Crippen LogP contribution in [0.15, 0.2) is 173 Å². The molecule has 11 rings (SSSR count). The van der Waals surface area contributed by atoms with Gasteiger partial charge in [0.05, 0.1) is 17.1 Å². The van der Waals surface area contributed by atoms with Crippen molar-refractivity contribution in [2.24, 2.45) is 0 Å². The Hall–Kier alpha value is -7.73. The van der Waals surface area contributed by atoms with E-state index in [9.17, 15) is 0 Å². The van der Waals surface area contributed by atoms with Crippen molar-refractivity contribution >= 4 is 39.0 Å². The zero-order valence-electron chi connectivity index (χ0n) is 38.5. The molecule has 0 fully saturated rings. The Balaban J connectivity index is 0.00000539. The van der Waals surface area contributed by atoms with Crippen molar-refractivity contribution < 1.29 is 29.9 Å². The molecule has 0 saturated heterocycles. The van der Waals surface area contributed by atoms with E-state index in [2.05, 4.69) is 166 Å². The Kier molecular flexibility index (Phi) is 11.8. The average molecular weight is 1060 g/mol. The van der Waals surface area contributed by atoms with Crippen molar-refractivity contribution in [3.63, 3.8) is 0 Å². The van der Waals surface area contributed by atoms with Gasteiger partial charge in [-0.1, -0.05) is 108 Å². The van der Waals surface area contributed by atoms with Crippen LogP contribution in [-0.4, -0.2) is 19.9 Å². The van der Waals surface area contributed by atoms with Gasteiger partial charge in [0.15, 0.2) is 0 Å². The summed E-state index contributed by atoms with van der Waals surface area (Å²) in [6.07, 6.45) is 5.31. The summed E-state index contributed by atoms with van der Waals surface area (Å²) >= 11 is 0. The molecular formula is C60H45N5O2Pt. The molecule has 0 amide bonds. The molecule has 8 heteroatoms. The normalized spacial score (nSPS) is 11.3. The standard InChI is InChI=1S/C60H45N5O2.Pt/c1-36-15-13-16-37(2)54(36)52-33-44-23-25-61-56(59(44)66-52)48-27-46(42-19-9-7-10-20-42)29-50(31-48)65(58-40(5)63-35-64-41(58)6)51-30-47(43-21-11-8-12-22-43)28-49(32-51)57-60-45(24-26-62-57)34-53(67-60)55-38(3)17-14-18-39(55)4;/h7-30,33-35H,1-6H3;/q-2;+2. The van der Waals surface area contributed by atoms with Gasteiger partial charge in [0.25, 0.3) is 0 Å². The number of hydrogen-bond donors (Lipinski definition) is 0. The van der Waals surface area contributed by atoms with Gasteiger partial charge in [0.2, 0.25) is 0 Å². The number of aryl methyl sites for hydroxylation is 6. The fourth-order valence-electron chi connectivity index (χ4n) is 9.45. The maximum atomic E-state index is 6.82. The van der Waals surface area contributed by atoms with Crippen LogP contribution in [0.5, 0.6) is 0 Å². The zero-order valence-corrected chi connectivity index (χ0v) is 40.7. The molecule has 0 aliphatic heterocycles. The third-order valence-electron chi connectivity index (χ3n) is 12.6. The van der Waals surface area contributed by atoms with Gasteiger partial charge in [0, 0.05) is 45.7 Å². The van der Waals surface area contributed by atoms with Crippen LogP contribution in [0.25, 0.3) is 89.4 Å². The first-order valence-corrected chi connectivity index (χ1v) is 22.4. The summed E-state index contributed by atoms with van der Waals surface area (Å²) in [6.45, 7) is 12.5. The Morgan fingerprint density at radius 3 is 1.25 bits per heavy atom. The number of nitrogens with zero attached hydrogens (tertiary/aromatic N) is 5. The van der Waals surface area contributed by atoms with Crippen molar-refractivity contribution in [3.05, 3.63) is 210 Å². The Bertz CT molecular complexity index is 3390. The van der Waals surface area contributed by atoms with Gasteiger partial charge in [-0.15, -0.1) is 47.5 Å². The molecule has 332 valence electrons. The Morgan fingerprint density at radius 1 is 0.426 bits per heavy atom. The number of aromatic nitrogens is 4. The summed E-state index contributed by atoms with van der Waals surface area (Å²) < 4.78 is 13.6. The van der Waals surface area contributed by atoms with Crippen LogP contribution in [0, 0.1) is 53.7 Å². The molecule has 68 heavy (non-hydrogen) atoms. The van der Waals surface area contributed by atoms with Gasteiger partial charge in [-0.2, -0.15) is 0 Å². The molecule has 0 aliphatic carbocycles. The van der Waals surface area contributed by atoms with E-state index in [1.54, 1.807) is 6.33 Å². The second kappa shape index (κ2) is 18.2. The van der Waals surface area contributed by atoms with Crippen LogP contribution in [0.1, 0.15) is 33.6 Å². The van der Waals surface area contributed by atoms with Crippen LogP contribution in [-0.2, 0) is 21.1 Å². The van der Waals surface area contributed by atoms with E-state index in [1.165, 1.54) is 0 Å². The molecule has 0 aliphatic rings. The smallest absolute Gasteiger partial charge is 0.464 e. The largest absolute Gasteiger partial charge is 2.00 e. The van der Waals surface area contributed by atoms with Gasteiger partial charge in [-0.05, 0) is 111 Å². The zero-order chi connectivity index (χ0) is 45.8. The van der Waals surface area contributed by atoms with Gasteiger partial charge >= 0.3 is 21.1 Å². The van der Waals surface area contributed by atoms with Crippen LogP contribution < -0.4 is 4.90 Å². The second-order valence-electron chi connectivity index (χ2n) is 17.2. The molecule has 5 aromatic heterocycles. The van der Waals surface area contributed by atoms with E-state index in [4.69, 9.17) is 28.8 Å². The van der Waals surface area contributed by atoms with E-state index in [0.717, 1.165) is 118 Å². The van der Waals surface area contributed by atoms with Crippen molar-refractivity contribution in [1.29, 1.82) is 0 Å². The maximum absolute atomic E-state index is 6.82. The molecule has 0 radical (unpaired) electrons. The molecule has 0 saturated carbocycles. The van der Waals surface area contributed by atoms with E-state index in [-0.39, 0.29) is 21.1 Å². The number of benzene rings is 6. The minimum Gasteiger partial charge on any atom is -0.464 e. The fourth-order valence-corrected chi connectivity index (χ4v) is 9.45. The number of anilines is 3. The topological polar surface area (TPSA) is 81.1 Å². The Labute approximate surface area is 410 Å². The molecule has 11 aromatic rings. The molecular weight excluding hydrogens is 1020 g/mol. The minimum atomic E-state index is 0. The maximum Gasteiger partial charge on any atom is 2.00 e. The van der Waals surface area contributed by atoms with Crippen LogP contribution in [0.4, 0.5) is 17.1 Å². The number of hydrogen-bond acceptors (Lipinski definition) is 7. The summed E-state index contributed by atoms with van der Waals surface area (Å²) in [5.74, 6) is 1.60. The van der Waals surface area contributed by atoms with E-state index < -0.39 is 0 Å². The van der Waals surface area contributed by atoms with E-state index >= 15 is 0 Å². The predicted octanol–water partition coefficient (Wildman–Crippen LogP) is 15.7. The van der Waals surface area contributed by atoms with Crippen molar-refractivity contribution in [3.8, 4) is 67.4 Å². The molecule has 6 aromatic carbocycles. The van der Waals surface area contributed by atoms with Gasteiger partial charge in [-0.25, -0.2) is 9.97 Å². The van der Waals surface area contributed by atoms with Crippen molar-refractivity contribution in [1.82, 2.24) is 19.9 Å². The number of pyridine rings is 2. The summed E-state index contributed by atoms with van der Waals surface area (Å²) in [5.41, 5.74) is 18.9. The van der Waals surface area contributed by atoms with Crippen molar-refractivity contribution in [2.75, 3.05) is 4.90 Å². The average Bonchev–Trinajstić information content (AvgIpc) is 3.98. The first kappa shape index (κ1) is 44.1. The number of furan rings is 2. The molecule has 0 N–H and O–H groups in total. The first-order chi connectivity index (χ1) is 32.7. The summed E-state index contributed by atoms with van der Waals surface area (Å²) in [5, 5.41) is 1.91. The van der Waals surface area contributed by atoms with Crippen LogP contribution in [0.2, 0.25) is 0 Å². The van der Waals surface area contributed by atoms with E-state index in [0.29, 0.717) is 22.6 Å². The summed E-state index contributed by atoms with van der Waals surface area (Å²) in [7, 11) is 0. The van der Waals surface area contributed by atoms with Crippen molar-refractivity contribution in [2.45, 2.75) is 41.5 Å². The van der Waals surface area contributed by atoms with Crippen LogP contribution in [0.3, 0.4) is 0 Å². The first-order valence-electron chi connectivity index (χ1n) is 22.4. The van der Waals surface area contributed by atoms with Gasteiger partial charge in [-0.3, -0.25) is 0 Å². The molecule has 5 heterocycles. The quantitative estimate of drug-likeness (QED) is 0.133. The molecule has 7 nitrogen and oxygen atoms in total. The Morgan fingerprint density at radius 2 is 0.838 bits per heavy atom. The third kappa shape index (κ3) is 8.03. The monoisotopic (exact) mass is 1060 g/mol. The summed E-state index contributed by atoms with van der Waals surface area (Å²) in [4.78, 5) is 21.8. The van der Waals surface area contributed by atoms with Crippen LogP contribution >= 0.6 is 0 Å². The number of fused-ring (bicyclic) bond motifs is 2. The molecule has 0 bridgehead atoms. The molecule has 0 unspecified atom stereocenters.